The van der Waals surface area contributed by atoms with Crippen molar-refractivity contribution in [1.82, 2.24) is 10.3 Å². The first-order chi connectivity index (χ1) is 13.5. The van der Waals surface area contributed by atoms with Crippen molar-refractivity contribution in [2.75, 3.05) is 33.1 Å². The van der Waals surface area contributed by atoms with Gasteiger partial charge in [-0.15, -0.1) is 0 Å². The lowest BCUT2D eigenvalue weighted by Gasteiger charge is -2.14. The number of phenols is 1. The molecule has 7 nitrogen and oxygen atoms in total. The molecular formula is C20H28N2O5S. The molecule has 28 heavy (non-hydrogen) atoms. The summed E-state index contributed by atoms with van der Waals surface area (Å²) >= 11 is 0. The number of nitrogens with one attached hydrogen (secondary N) is 1. The van der Waals surface area contributed by atoms with Gasteiger partial charge in [-0.2, -0.15) is 0 Å². The first-order valence-electron chi connectivity index (χ1n) is 9.13. The van der Waals surface area contributed by atoms with Crippen molar-refractivity contribution in [3.8, 4) is 11.6 Å². The van der Waals surface area contributed by atoms with E-state index in [1.165, 1.54) is 12.3 Å². The molecule has 0 saturated heterocycles. The third kappa shape index (κ3) is 7.20. The molecule has 2 unspecified atom stereocenters. The van der Waals surface area contributed by atoms with Gasteiger partial charge < -0.3 is 25.0 Å². The number of hydrogen-bond acceptors (Lipinski definition) is 7. The molecule has 0 spiro atoms. The second kappa shape index (κ2) is 11.8. The maximum atomic E-state index is 11.6. The van der Waals surface area contributed by atoms with Gasteiger partial charge in [0.15, 0.2) is 0 Å². The number of aliphatic hydroxyl groups is 1. The van der Waals surface area contributed by atoms with Crippen LogP contribution in [0, 0.1) is 0 Å². The van der Waals surface area contributed by atoms with Crippen LogP contribution in [0.25, 0.3) is 0 Å². The predicted molar refractivity (Wildman–Crippen MR) is 108 cm³/mol. The summed E-state index contributed by atoms with van der Waals surface area (Å²) in [6.45, 7) is 2.32. The molecule has 2 rings (SSSR count). The molecule has 0 bridgehead atoms. The third-order valence-electron chi connectivity index (χ3n) is 4.18. The molecule has 0 fully saturated rings. The van der Waals surface area contributed by atoms with Crippen LogP contribution < -0.4 is 10.1 Å². The normalized spacial score (nSPS) is 13.2. The number of unbranched alkanes of at least 4 members (excludes halogenated alkanes) is 1. The molecule has 0 amide bonds. The molecule has 1 heterocycles. The van der Waals surface area contributed by atoms with E-state index in [1.807, 2.05) is 12.1 Å². The third-order valence-corrected chi connectivity index (χ3v) is 5.13. The van der Waals surface area contributed by atoms with E-state index >= 15 is 0 Å². The lowest BCUT2D eigenvalue weighted by molar-refractivity contribution is 0.116. The lowest BCUT2D eigenvalue weighted by Crippen LogP contribution is -2.22. The Labute approximate surface area is 168 Å². The van der Waals surface area contributed by atoms with E-state index in [2.05, 4.69) is 10.3 Å². The summed E-state index contributed by atoms with van der Waals surface area (Å²) in [7, 11) is 0.283. The van der Waals surface area contributed by atoms with Crippen molar-refractivity contribution < 1.29 is 23.9 Å². The van der Waals surface area contributed by atoms with Crippen LogP contribution in [0.4, 0.5) is 0 Å². The van der Waals surface area contributed by atoms with Gasteiger partial charge in [0.05, 0.1) is 35.5 Å². The topological polar surface area (TPSA) is 101 Å². The van der Waals surface area contributed by atoms with E-state index in [9.17, 15) is 14.4 Å². The molecule has 1 aromatic heterocycles. The zero-order valence-electron chi connectivity index (χ0n) is 16.3. The van der Waals surface area contributed by atoms with Gasteiger partial charge in [0.25, 0.3) is 0 Å². The highest BCUT2D eigenvalue weighted by Gasteiger charge is 2.12. The van der Waals surface area contributed by atoms with E-state index in [0.29, 0.717) is 36.1 Å². The fourth-order valence-electron chi connectivity index (χ4n) is 2.59. The Balaban J connectivity index is 1.58. The Morgan fingerprint density at radius 3 is 2.75 bits per heavy atom. The van der Waals surface area contributed by atoms with Gasteiger partial charge in [-0.3, -0.25) is 4.21 Å². The number of aliphatic hydroxyl groups excluding tert-OH is 1. The smallest absolute Gasteiger partial charge is 0.212 e. The second-order valence-electron chi connectivity index (χ2n) is 6.37. The number of ether oxygens (including phenoxy) is 2. The summed E-state index contributed by atoms with van der Waals surface area (Å²) in [6, 6.07) is 8.42. The Kier molecular flexibility index (Phi) is 9.36. The molecule has 0 saturated carbocycles. The van der Waals surface area contributed by atoms with Gasteiger partial charge in [0.2, 0.25) is 5.88 Å². The van der Waals surface area contributed by atoms with Gasteiger partial charge in [0, 0.05) is 31.7 Å². The number of pyridine rings is 1. The molecule has 8 heteroatoms. The predicted octanol–water partition coefficient (Wildman–Crippen LogP) is 2.15. The van der Waals surface area contributed by atoms with Crippen LogP contribution in [0.2, 0.25) is 0 Å². The molecule has 0 aliphatic rings. The summed E-state index contributed by atoms with van der Waals surface area (Å²) in [5, 5.41) is 23.1. The van der Waals surface area contributed by atoms with Crippen molar-refractivity contribution in [2.45, 2.75) is 30.4 Å². The van der Waals surface area contributed by atoms with Crippen molar-refractivity contribution in [2.24, 2.45) is 0 Å². The zero-order chi connectivity index (χ0) is 20.4. The lowest BCUT2D eigenvalue weighted by atomic mass is 10.1. The van der Waals surface area contributed by atoms with Gasteiger partial charge in [-0.05, 0) is 48.7 Å². The minimum Gasteiger partial charge on any atom is -0.507 e. The number of phenolic OH excluding ortho intramolecular Hbond substituents is 1. The van der Waals surface area contributed by atoms with Crippen LogP contribution in [0.15, 0.2) is 41.4 Å². The van der Waals surface area contributed by atoms with E-state index in [1.54, 1.807) is 25.4 Å². The van der Waals surface area contributed by atoms with Crippen LogP contribution >= 0.6 is 0 Å². The van der Waals surface area contributed by atoms with E-state index in [-0.39, 0.29) is 5.75 Å². The highest BCUT2D eigenvalue weighted by Crippen LogP contribution is 2.24. The van der Waals surface area contributed by atoms with Gasteiger partial charge in [-0.25, -0.2) is 4.98 Å². The first kappa shape index (κ1) is 22.3. The van der Waals surface area contributed by atoms with Gasteiger partial charge in [-0.1, -0.05) is 6.07 Å². The number of rotatable bonds is 12. The Bertz CT molecular complexity index is 755. The maximum Gasteiger partial charge on any atom is 0.212 e. The van der Waals surface area contributed by atoms with Crippen LogP contribution in [0.5, 0.6) is 11.6 Å². The average Bonchev–Trinajstić information content (AvgIpc) is 2.70. The van der Waals surface area contributed by atoms with Crippen LogP contribution in [0.1, 0.15) is 30.1 Å². The highest BCUT2D eigenvalue weighted by molar-refractivity contribution is 7.84. The van der Waals surface area contributed by atoms with Crippen molar-refractivity contribution in [3.05, 3.63) is 47.7 Å². The SMILES string of the molecule is COc1ccc(COCCCCNCC(O)c2ccc(O)c(S(C)=O)c2)cn1. The molecule has 0 radical (unpaired) electrons. The maximum absolute atomic E-state index is 11.6. The summed E-state index contributed by atoms with van der Waals surface area (Å²) in [5.41, 5.74) is 1.63. The van der Waals surface area contributed by atoms with Crippen molar-refractivity contribution in [1.29, 1.82) is 0 Å². The van der Waals surface area contributed by atoms with Gasteiger partial charge >= 0.3 is 0 Å². The summed E-state index contributed by atoms with van der Waals surface area (Å²) < 4.78 is 22.2. The molecule has 2 aromatic rings. The summed E-state index contributed by atoms with van der Waals surface area (Å²) in [6.07, 6.45) is 4.35. The number of methoxy groups -OCH3 is 1. The zero-order valence-corrected chi connectivity index (χ0v) is 17.1. The monoisotopic (exact) mass is 408 g/mol. The fraction of sp³-hybridized carbons (Fsp3) is 0.450. The van der Waals surface area contributed by atoms with E-state index < -0.39 is 16.9 Å². The van der Waals surface area contributed by atoms with E-state index in [4.69, 9.17) is 9.47 Å². The summed E-state index contributed by atoms with van der Waals surface area (Å²) in [5.74, 6) is 0.568. The Morgan fingerprint density at radius 2 is 2.07 bits per heavy atom. The minimum absolute atomic E-state index is 0.0184. The molecule has 0 aliphatic carbocycles. The number of nitrogens with zero attached hydrogens (tertiary/aromatic N) is 1. The molecule has 0 aliphatic heterocycles. The number of aromatic nitrogens is 1. The molecule has 1 aromatic carbocycles. The Morgan fingerprint density at radius 1 is 1.25 bits per heavy atom. The molecule has 154 valence electrons. The standard InChI is InChI=1S/C20H28N2O5S/c1-26-20-8-5-15(12-22-20)14-27-10-4-3-9-21-13-18(24)16-6-7-17(23)19(11-16)28(2)25/h5-8,11-12,18,21,23-24H,3-4,9-10,13-14H2,1-2H3. The van der Waals surface area contributed by atoms with Crippen molar-refractivity contribution >= 4 is 10.8 Å². The quantitative estimate of drug-likeness (QED) is 0.463. The molecular weight excluding hydrogens is 380 g/mol. The Hall–Kier alpha value is -2.00. The minimum atomic E-state index is -1.30. The summed E-state index contributed by atoms with van der Waals surface area (Å²) in [4.78, 5) is 4.47. The van der Waals surface area contributed by atoms with Crippen LogP contribution in [-0.4, -0.2) is 52.5 Å². The van der Waals surface area contributed by atoms with Crippen LogP contribution in [0.3, 0.4) is 0 Å². The fourth-order valence-corrected chi connectivity index (χ4v) is 3.25. The largest absolute Gasteiger partial charge is 0.507 e. The molecule has 3 N–H and O–H groups in total. The first-order valence-corrected chi connectivity index (χ1v) is 10.7. The number of benzene rings is 1. The number of hydrogen-bond donors (Lipinski definition) is 3. The van der Waals surface area contributed by atoms with Crippen LogP contribution in [-0.2, 0) is 22.1 Å². The molecule has 2 atom stereocenters. The van der Waals surface area contributed by atoms with Gasteiger partial charge in [0.1, 0.15) is 5.75 Å². The average molecular weight is 409 g/mol. The second-order valence-corrected chi connectivity index (χ2v) is 7.72. The number of aromatic hydroxyl groups is 1. The highest BCUT2D eigenvalue weighted by atomic mass is 32.2. The van der Waals surface area contributed by atoms with Crippen molar-refractivity contribution in [3.63, 3.8) is 0 Å². The van der Waals surface area contributed by atoms with E-state index in [0.717, 1.165) is 24.9 Å².